The molecule has 0 N–H and O–H groups in total. The summed E-state index contributed by atoms with van der Waals surface area (Å²) < 4.78 is 28.2. The average Bonchev–Trinajstić information content (AvgIpc) is 3.31. The van der Waals surface area contributed by atoms with Gasteiger partial charge in [0.05, 0.1) is 16.5 Å². The smallest absolute Gasteiger partial charge is 0.410 e. The van der Waals surface area contributed by atoms with Gasteiger partial charge in [-0.1, -0.05) is 5.92 Å². The maximum Gasteiger partial charge on any atom is 0.410 e. The minimum Gasteiger partial charge on any atom is -0.436 e. The van der Waals surface area contributed by atoms with Crippen molar-refractivity contribution in [3.8, 4) is 12.3 Å². The van der Waals surface area contributed by atoms with Crippen LogP contribution in [-0.4, -0.2) is 79.5 Å². The molecule has 2 saturated heterocycles. The zero-order valence-electron chi connectivity index (χ0n) is 15.7. The Morgan fingerprint density at radius 3 is 2.71 bits per heavy atom. The van der Waals surface area contributed by atoms with Gasteiger partial charge in [0.2, 0.25) is 0 Å². The number of carbonyl (C=O) groups is 2. The van der Waals surface area contributed by atoms with Crippen LogP contribution in [0.4, 0.5) is 4.79 Å². The normalized spacial score (nSPS) is 21.9. The van der Waals surface area contributed by atoms with E-state index in [1.165, 1.54) is 16.2 Å². The van der Waals surface area contributed by atoms with Gasteiger partial charge in [-0.2, -0.15) is 0 Å². The molecule has 0 radical (unpaired) electrons. The quantitative estimate of drug-likeness (QED) is 0.676. The van der Waals surface area contributed by atoms with Crippen molar-refractivity contribution in [2.75, 3.05) is 38.2 Å². The molecule has 0 spiro atoms. The molecule has 2 amide bonds. The SMILES string of the molecule is C#CCOC(=O)N1CCC(c2nc(C(=O)N(C)C3CCS(=O)(=O)C3)cs2)CC1. The third kappa shape index (κ3) is 4.64. The third-order valence-corrected chi connectivity index (χ3v) is 7.96. The summed E-state index contributed by atoms with van der Waals surface area (Å²) in [5.74, 6) is 2.34. The number of sulfone groups is 1. The number of thiazole rings is 1. The summed E-state index contributed by atoms with van der Waals surface area (Å²) in [5, 5.41) is 2.60. The monoisotopic (exact) mass is 425 g/mol. The van der Waals surface area contributed by atoms with E-state index < -0.39 is 15.9 Å². The van der Waals surface area contributed by atoms with Crippen molar-refractivity contribution in [1.82, 2.24) is 14.8 Å². The first-order valence-electron chi connectivity index (χ1n) is 9.09. The maximum absolute atomic E-state index is 12.7. The molecular weight excluding hydrogens is 402 g/mol. The molecular formula is C18H23N3O5S2. The summed E-state index contributed by atoms with van der Waals surface area (Å²) >= 11 is 1.43. The Morgan fingerprint density at radius 1 is 1.39 bits per heavy atom. The molecule has 0 bridgehead atoms. The molecule has 10 heteroatoms. The summed E-state index contributed by atoms with van der Waals surface area (Å²) in [6.45, 7) is 1.07. The van der Waals surface area contributed by atoms with Crippen LogP contribution in [0.15, 0.2) is 5.38 Å². The Morgan fingerprint density at radius 2 is 2.11 bits per heavy atom. The van der Waals surface area contributed by atoms with Crippen molar-refractivity contribution < 1.29 is 22.7 Å². The maximum atomic E-state index is 12.7. The third-order valence-electron chi connectivity index (χ3n) is 5.20. The van der Waals surface area contributed by atoms with Gasteiger partial charge in [-0.3, -0.25) is 4.79 Å². The van der Waals surface area contributed by atoms with Crippen molar-refractivity contribution in [3.05, 3.63) is 16.1 Å². The van der Waals surface area contributed by atoms with Crippen LogP contribution in [-0.2, 0) is 14.6 Å². The van der Waals surface area contributed by atoms with Crippen LogP contribution < -0.4 is 0 Å². The minimum atomic E-state index is -3.05. The van der Waals surface area contributed by atoms with Crippen LogP contribution in [0.1, 0.15) is 40.7 Å². The average molecular weight is 426 g/mol. The Kier molecular flexibility index (Phi) is 6.25. The highest BCUT2D eigenvalue weighted by Gasteiger charge is 2.34. The van der Waals surface area contributed by atoms with Gasteiger partial charge >= 0.3 is 6.09 Å². The lowest BCUT2D eigenvalue weighted by atomic mass is 9.98. The van der Waals surface area contributed by atoms with E-state index in [0.29, 0.717) is 25.2 Å². The number of hydrogen-bond acceptors (Lipinski definition) is 7. The molecule has 2 aliphatic heterocycles. The van der Waals surface area contributed by atoms with Crippen molar-refractivity contribution in [2.24, 2.45) is 0 Å². The van der Waals surface area contributed by atoms with Gasteiger partial charge in [0, 0.05) is 37.5 Å². The van der Waals surface area contributed by atoms with E-state index in [-0.39, 0.29) is 36.0 Å². The molecule has 1 aromatic heterocycles. The van der Waals surface area contributed by atoms with Crippen LogP contribution in [0.5, 0.6) is 0 Å². The summed E-state index contributed by atoms with van der Waals surface area (Å²) in [4.78, 5) is 32.1. The molecule has 152 valence electrons. The molecule has 28 heavy (non-hydrogen) atoms. The molecule has 1 unspecified atom stereocenters. The number of aromatic nitrogens is 1. The number of terminal acetylenes is 1. The molecule has 8 nitrogen and oxygen atoms in total. The Balaban J connectivity index is 1.57. The topological polar surface area (TPSA) is 96.9 Å². The zero-order valence-corrected chi connectivity index (χ0v) is 17.3. The van der Waals surface area contributed by atoms with Crippen molar-refractivity contribution in [1.29, 1.82) is 0 Å². The van der Waals surface area contributed by atoms with E-state index >= 15 is 0 Å². The Labute approximate surface area is 168 Å². The Hall–Kier alpha value is -2.12. The van der Waals surface area contributed by atoms with Gasteiger partial charge in [0.25, 0.3) is 5.91 Å². The van der Waals surface area contributed by atoms with Gasteiger partial charge in [0.15, 0.2) is 16.4 Å². The minimum absolute atomic E-state index is 0.0144. The fourth-order valence-electron chi connectivity index (χ4n) is 3.50. The van der Waals surface area contributed by atoms with Crippen LogP contribution in [0.3, 0.4) is 0 Å². The van der Waals surface area contributed by atoms with E-state index in [0.717, 1.165) is 17.8 Å². The van der Waals surface area contributed by atoms with E-state index in [1.807, 2.05) is 0 Å². The molecule has 1 atom stereocenters. The van der Waals surface area contributed by atoms with Gasteiger partial charge in [-0.05, 0) is 19.3 Å². The highest BCUT2D eigenvalue weighted by atomic mass is 32.2. The highest BCUT2D eigenvalue weighted by Crippen LogP contribution is 2.31. The number of nitrogens with zero attached hydrogens (tertiary/aromatic N) is 3. The second kappa shape index (κ2) is 8.49. The van der Waals surface area contributed by atoms with E-state index in [9.17, 15) is 18.0 Å². The lowest BCUT2D eigenvalue weighted by Gasteiger charge is -2.30. The van der Waals surface area contributed by atoms with Crippen LogP contribution in [0.25, 0.3) is 0 Å². The predicted octanol–water partition coefficient (Wildman–Crippen LogP) is 1.35. The summed E-state index contributed by atoms with van der Waals surface area (Å²) in [5.41, 5.74) is 0.350. The number of hydrogen-bond donors (Lipinski definition) is 0. The molecule has 2 fully saturated rings. The van der Waals surface area contributed by atoms with E-state index in [4.69, 9.17) is 11.2 Å². The fourth-order valence-corrected chi connectivity index (χ4v) is 6.24. The van der Waals surface area contributed by atoms with Gasteiger partial charge in [-0.15, -0.1) is 17.8 Å². The molecule has 3 heterocycles. The molecule has 0 aliphatic carbocycles. The fraction of sp³-hybridized carbons (Fsp3) is 0.611. The molecule has 3 rings (SSSR count). The van der Waals surface area contributed by atoms with Crippen molar-refractivity contribution in [3.63, 3.8) is 0 Å². The van der Waals surface area contributed by atoms with E-state index in [1.54, 1.807) is 17.3 Å². The number of carbonyl (C=O) groups excluding carboxylic acids is 2. The lowest BCUT2D eigenvalue weighted by molar-refractivity contribution is 0.0742. The van der Waals surface area contributed by atoms with Gasteiger partial charge in [0.1, 0.15) is 5.69 Å². The predicted molar refractivity (Wildman–Crippen MR) is 105 cm³/mol. The first-order chi connectivity index (χ1) is 13.3. The lowest BCUT2D eigenvalue weighted by Crippen LogP contribution is -2.38. The number of amides is 2. The Bertz CT molecular complexity index is 881. The second-order valence-electron chi connectivity index (χ2n) is 7.06. The summed E-state index contributed by atoms with van der Waals surface area (Å²) in [6, 6.07) is -0.292. The van der Waals surface area contributed by atoms with Crippen LogP contribution in [0, 0.1) is 12.3 Å². The summed E-state index contributed by atoms with van der Waals surface area (Å²) in [7, 11) is -1.42. The number of piperidine rings is 1. The van der Waals surface area contributed by atoms with Gasteiger partial charge in [-0.25, -0.2) is 18.2 Å². The number of likely N-dealkylation sites (tertiary alicyclic amines) is 1. The molecule has 1 aromatic rings. The van der Waals surface area contributed by atoms with Crippen molar-refractivity contribution in [2.45, 2.75) is 31.2 Å². The number of rotatable bonds is 4. The van der Waals surface area contributed by atoms with Crippen molar-refractivity contribution >= 4 is 33.2 Å². The largest absolute Gasteiger partial charge is 0.436 e. The standard InChI is InChI=1S/C18H23N3O5S2/c1-3-9-26-18(23)21-7-4-13(5-8-21)16-19-15(11-27-16)17(22)20(2)14-6-10-28(24,25)12-14/h1,11,13-14H,4-10,12H2,2H3. The zero-order chi connectivity index (χ0) is 20.3. The van der Waals surface area contributed by atoms with E-state index in [2.05, 4.69) is 10.9 Å². The molecule has 0 saturated carbocycles. The van der Waals surface area contributed by atoms with Crippen LogP contribution >= 0.6 is 11.3 Å². The molecule has 2 aliphatic rings. The summed E-state index contributed by atoms with van der Waals surface area (Å²) in [6.07, 6.45) is 6.64. The molecule has 0 aromatic carbocycles. The first kappa shape index (κ1) is 20.6. The first-order valence-corrected chi connectivity index (χ1v) is 11.8. The highest BCUT2D eigenvalue weighted by molar-refractivity contribution is 7.91. The van der Waals surface area contributed by atoms with Crippen LogP contribution in [0.2, 0.25) is 0 Å². The second-order valence-corrected chi connectivity index (χ2v) is 10.2. The number of ether oxygens (including phenoxy) is 1. The van der Waals surface area contributed by atoms with Gasteiger partial charge < -0.3 is 14.5 Å².